The second kappa shape index (κ2) is 16.9. The number of fused-ring (bicyclic) bond motifs is 3. The predicted octanol–water partition coefficient (Wildman–Crippen LogP) is 16.5. The van der Waals surface area contributed by atoms with E-state index in [-0.39, 0.29) is 5.41 Å². The van der Waals surface area contributed by atoms with Crippen LogP contribution in [0.15, 0.2) is 158 Å². The van der Waals surface area contributed by atoms with Gasteiger partial charge in [0.1, 0.15) is 0 Å². The molecule has 3 heteroatoms. The zero-order valence-corrected chi connectivity index (χ0v) is 39.1. The van der Waals surface area contributed by atoms with Crippen molar-refractivity contribution in [3.05, 3.63) is 203 Å². The summed E-state index contributed by atoms with van der Waals surface area (Å²) in [6.45, 7) is 25.3. The first-order valence-corrected chi connectivity index (χ1v) is 23.3. The largest absolute Gasteiger partial charge is 0.339 e. The van der Waals surface area contributed by atoms with Gasteiger partial charge in [0.25, 0.3) is 0 Å². The predicted molar refractivity (Wildman–Crippen MR) is 270 cm³/mol. The summed E-state index contributed by atoms with van der Waals surface area (Å²) >= 11 is 0. The molecule has 0 unspecified atom stereocenters. The van der Waals surface area contributed by atoms with Crippen LogP contribution in [0.25, 0.3) is 22.3 Å². The van der Waals surface area contributed by atoms with E-state index in [0.29, 0.717) is 23.7 Å². The summed E-state index contributed by atoms with van der Waals surface area (Å²) in [5.74, 6) is 1.55. The molecule has 319 valence electrons. The van der Waals surface area contributed by atoms with E-state index in [1.54, 1.807) is 0 Å². The van der Waals surface area contributed by atoms with Crippen LogP contribution in [0.2, 0.25) is 0 Å². The second-order valence-electron chi connectivity index (χ2n) is 19.5. The molecule has 0 amide bonds. The second-order valence-corrected chi connectivity index (χ2v) is 19.5. The first-order chi connectivity index (χ1) is 30.3. The van der Waals surface area contributed by atoms with E-state index in [9.17, 15) is 0 Å². The standard InChI is InChI=1S/C60H64N3/c1-39(2)49-21-16-22-50(40(3)4)57(49)61-36-37-62(58-51(41(5)6)23-17-24-52(58)42(7)8)59(61)45-28-32-47(33-29-45)63(46-30-26-44(27-31-46)43-18-12-11-13-19-43)48-34-35-54-53-20-14-15-25-55(53)60(9,10)56(54)38-48/h11-35,38-42H,36-37H2,1-10H3. The van der Waals surface area contributed by atoms with Crippen molar-refractivity contribution in [1.82, 2.24) is 0 Å². The molecular formula is C60H64N3. The zero-order valence-electron chi connectivity index (χ0n) is 39.1. The van der Waals surface area contributed by atoms with Gasteiger partial charge < -0.3 is 14.7 Å². The van der Waals surface area contributed by atoms with Crippen LogP contribution >= 0.6 is 0 Å². The van der Waals surface area contributed by atoms with Crippen LogP contribution in [0.3, 0.4) is 0 Å². The number of hydrogen-bond donors (Lipinski definition) is 0. The fourth-order valence-electron chi connectivity index (χ4n) is 10.4. The molecular weight excluding hydrogens is 763 g/mol. The monoisotopic (exact) mass is 827 g/mol. The molecule has 7 aromatic carbocycles. The Morgan fingerprint density at radius 2 is 0.810 bits per heavy atom. The molecule has 0 spiro atoms. The Balaban J connectivity index is 1.20. The highest BCUT2D eigenvalue weighted by molar-refractivity contribution is 5.86. The zero-order chi connectivity index (χ0) is 44.2. The Bertz CT molecular complexity index is 2600. The summed E-state index contributed by atoms with van der Waals surface area (Å²) in [5.41, 5.74) is 20.8. The summed E-state index contributed by atoms with van der Waals surface area (Å²) < 4.78 is 0. The van der Waals surface area contributed by atoms with E-state index in [0.717, 1.165) is 30.2 Å². The molecule has 0 N–H and O–H groups in total. The molecule has 0 bridgehead atoms. The van der Waals surface area contributed by atoms with Crippen LogP contribution in [0.1, 0.15) is 132 Å². The molecule has 1 aliphatic carbocycles. The average Bonchev–Trinajstić information content (AvgIpc) is 3.82. The fraction of sp³-hybridized carbons (Fsp3) is 0.283. The minimum Gasteiger partial charge on any atom is -0.339 e. The fourth-order valence-corrected chi connectivity index (χ4v) is 10.4. The van der Waals surface area contributed by atoms with E-state index in [4.69, 9.17) is 0 Å². The highest BCUT2D eigenvalue weighted by atomic mass is 15.4. The van der Waals surface area contributed by atoms with Crippen LogP contribution in [-0.4, -0.2) is 13.1 Å². The lowest BCUT2D eigenvalue weighted by Gasteiger charge is -2.37. The molecule has 0 atom stereocenters. The quantitative estimate of drug-likeness (QED) is 0.129. The maximum Gasteiger partial charge on any atom is 0.187 e. The van der Waals surface area contributed by atoms with Crippen molar-refractivity contribution in [2.75, 3.05) is 27.8 Å². The molecule has 1 heterocycles. The smallest absolute Gasteiger partial charge is 0.187 e. The lowest BCUT2D eigenvalue weighted by molar-refractivity contribution is 0.660. The minimum atomic E-state index is -0.108. The normalized spacial score (nSPS) is 14.6. The Labute approximate surface area is 378 Å². The number of benzene rings is 7. The lowest BCUT2D eigenvalue weighted by Crippen LogP contribution is -2.34. The first kappa shape index (κ1) is 42.3. The van der Waals surface area contributed by atoms with Crippen molar-refractivity contribution < 1.29 is 0 Å². The van der Waals surface area contributed by atoms with Crippen LogP contribution in [0.4, 0.5) is 28.4 Å². The molecule has 1 radical (unpaired) electrons. The van der Waals surface area contributed by atoms with Crippen molar-refractivity contribution in [3.63, 3.8) is 0 Å². The average molecular weight is 827 g/mol. The number of hydrogen-bond acceptors (Lipinski definition) is 3. The van der Waals surface area contributed by atoms with E-state index in [1.807, 2.05) is 0 Å². The summed E-state index contributed by atoms with van der Waals surface area (Å²) in [6, 6.07) is 59.2. The van der Waals surface area contributed by atoms with E-state index < -0.39 is 0 Å². The van der Waals surface area contributed by atoms with Gasteiger partial charge in [-0.25, -0.2) is 0 Å². The molecule has 9 rings (SSSR count). The van der Waals surface area contributed by atoms with Gasteiger partial charge in [-0.15, -0.1) is 0 Å². The summed E-state index contributed by atoms with van der Waals surface area (Å²) in [7, 11) is 0. The van der Waals surface area contributed by atoms with Crippen LogP contribution in [-0.2, 0) is 5.41 Å². The van der Waals surface area contributed by atoms with Crippen molar-refractivity contribution in [2.24, 2.45) is 0 Å². The van der Waals surface area contributed by atoms with Crippen LogP contribution in [0.5, 0.6) is 0 Å². The molecule has 0 aromatic heterocycles. The summed E-state index contributed by atoms with van der Waals surface area (Å²) in [6.07, 6.45) is 1.27. The van der Waals surface area contributed by atoms with Gasteiger partial charge in [-0.3, -0.25) is 0 Å². The molecule has 1 fully saturated rings. The first-order valence-electron chi connectivity index (χ1n) is 23.3. The van der Waals surface area contributed by atoms with Crippen molar-refractivity contribution in [3.8, 4) is 22.3 Å². The van der Waals surface area contributed by atoms with Crippen molar-refractivity contribution in [1.29, 1.82) is 0 Å². The maximum atomic E-state index is 2.67. The maximum absolute atomic E-state index is 2.67. The number of anilines is 5. The third kappa shape index (κ3) is 7.54. The number of para-hydroxylation sites is 2. The molecule has 63 heavy (non-hydrogen) atoms. The SMILES string of the molecule is CC(C)c1cccc(C(C)C)c1N1CCN(c2c(C(C)C)cccc2C(C)C)[C]1c1ccc(N(c2ccc(-c3ccccc3)cc2)c2ccc3c(c2)C(C)(C)c2ccccc2-3)cc1. The number of rotatable bonds is 11. The van der Waals surface area contributed by atoms with Gasteiger partial charge in [0.15, 0.2) is 6.17 Å². The van der Waals surface area contributed by atoms with Crippen LogP contribution < -0.4 is 14.7 Å². The molecule has 2 aliphatic rings. The molecule has 0 saturated carbocycles. The number of nitrogens with zero attached hydrogens (tertiary/aromatic N) is 3. The van der Waals surface area contributed by atoms with Gasteiger partial charge in [0, 0.05) is 52.5 Å². The van der Waals surface area contributed by atoms with Crippen molar-refractivity contribution in [2.45, 2.75) is 98.3 Å². The highest BCUT2D eigenvalue weighted by Crippen LogP contribution is 2.52. The Morgan fingerprint density at radius 3 is 1.30 bits per heavy atom. The highest BCUT2D eigenvalue weighted by Gasteiger charge is 2.40. The van der Waals surface area contributed by atoms with Gasteiger partial charge in [-0.2, -0.15) is 0 Å². The van der Waals surface area contributed by atoms with Gasteiger partial charge >= 0.3 is 0 Å². The van der Waals surface area contributed by atoms with E-state index in [2.05, 4.69) is 242 Å². The molecule has 3 nitrogen and oxygen atoms in total. The Morgan fingerprint density at radius 1 is 0.397 bits per heavy atom. The van der Waals surface area contributed by atoms with E-state index >= 15 is 0 Å². The molecule has 1 aliphatic heterocycles. The van der Waals surface area contributed by atoms with Gasteiger partial charge in [0.2, 0.25) is 0 Å². The summed E-state index contributed by atoms with van der Waals surface area (Å²) in [5, 5.41) is 0. The van der Waals surface area contributed by atoms with E-state index in [1.165, 1.54) is 78.7 Å². The Kier molecular flexibility index (Phi) is 11.3. The van der Waals surface area contributed by atoms with Gasteiger partial charge in [-0.1, -0.05) is 191 Å². The molecule has 7 aromatic rings. The lowest BCUT2D eigenvalue weighted by atomic mass is 9.82. The minimum absolute atomic E-state index is 0.108. The van der Waals surface area contributed by atoms with Gasteiger partial charge in [0.05, 0.1) is 0 Å². The van der Waals surface area contributed by atoms with Crippen LogP contribution in [0, 0.1) is 6.17 Å². The van der Waals surface area contributed by atoms with Crippen molar-refractivity contribution >= 4 is 28.4 Å². The third-order valence-electron chi connectivity index (χ3n) is 13.7. The third-order valence-corrected chi connectivity index (χ3v) is 13.7. The summed E-state index contributed by atoms with van der Waals surface area (Å²) in [4.78, 5) is 7.78. The van der Waals surface area contributed by atoms with Gasteiger partial charge in [-0.05, 0) is 116 Å². The topological polar surface area (TPSA) is 9.72 Å². The molecule has 1 saturated heterocycles. The Hall–Kier alpha value is -6.06.